The standard InChI is InChI=1S/C16H27N9O4S2/c17-7-10-3-5-25(6-4-10)12-1-2-13(31(28,29)20-9-11(26)8-18)15(30(19)27)14(12)16-21-23-24-22-16/h1-2,10-11,20,26H,3-9,17-19H2,(H,21,22,23,24). The Morgan fingerprint density at radius 2 is 2.03 bits per heavy atom. The molecule has 0 aliphatic carbocycles. The van der Waals surface area contributed by atoms with Crippen molar-refractivity contribution in [1.82, 2.24) is 25.3 Å². The molecule has 31 heavy (non-hydrogen) atoms. The summed E-state index contributed by atoms with van der Waals surface area (Å²) in [5.74, 6) is 0.481. The summed E-state index contributed by atoms with van der Waals surface area (Å²) in [5, 5.41) is 29.2. The number of aliphatic hydroxyl groups excluding tert-OH is 1. The molecule has 2 heterocycles. The molecule has 2 aromatic rings. The first-order valence-electron chi connectivity index (χ1n) is 9.68. The van der Waals surface area contributed by atoms with Gasteiger partial charge in [0.15, 0.2) is 0 Å². The third-order valence-corrected chi connectivity index (χ3v) is 7.65. The molecule has 172 valence electrons. The highest BCUT2D eigenvalue weighted by atomic mass is 32.2. The number of aliphatic hydroxyl groups is 1. The molecule has 1 aliphatic heterocycles. The second-order valence-electron chi connectivity index (χ2n) is 7.23. The topological polar surface area (TPSA) is 219 Å². The zero-order chi connectivity index (χ0) is 22.6. The number of rotatable bonds is 9. The molecule has 0 saturated carbocycles. The fourth-order valence-corrected chi connectivity index (χ4v) is 5.89. The van der Waals surface area contributed by atoms with Gasteiger partial charge in [0, 0.05) is 31.9 Å². The Labute approximate surface area is 182 Å². The minimum atomic E-state index is -4.17. The zero-order valence-electron chi connectivity index (χ0n) is 16.8. The average molecular weight is 474 g/mol. The highest BCUT2D eigenvalue weighted by Crippen LogP contribution is 2.38. The molecule has 1 aromatic carbocycles. The summed E-state index contributed by atoms with van der Waals surface area (Å²) in [5.41, 5.74) is 11.9. The number of tetrazole rings is 1. The minimum absolute atomic E-state index is 0.0730. The van der Waals surface area contributed by atoms with Crippen LogP contribution >= 0.6 is 0 Å². The molecular weight excluding hydrogens is 446 g/mol. The summed E-state index contributed by atoms with van der Waals surface area (Å²) in [6.45, 7) is 1.53. The number of anilines is 1. The number of nitrogens with two attached hydrogens (primary N) is 3. The molecule has 9 N–H and O–H groups in total. The molecule has 15 heteroatoms. The van der Waals surface area contributed by atoms with Crippen molar-refractivity contribution in [2.75, 3.05) is 37.6 Å². The van der Waals surface area contributed by atoms with Gasteiger partial charge < -0.3 is 21.5 Å². The molecule has 0 amide bonds. The van der Waals surface area contributed by atoms with Crippen LogP contribution < -0.4 is 26.2 Å². The Bertz CT molecular complexity index is 1010. The van der Waals surface area contributed by atoms with Crippen molar-refractivity contribution in [3.8, 4) is 11.4 Å². The first-order valence-corrected chi connectivity index (χ1v) is 12.4. The normalized spacial score (nSPS) is 17.6. The van der Waals surface area contributed by atoms with E-state index < -0.39 is 27.1 Å². The van der Waals surface area contributed by atoms with E-state index in [-0.39, 0.29) is 34.3 Å². The maximum absolute atomic E-state index is 12.9. The number of piperidine rings is 1. The van der Waals surface area contributed by atoms with Gasteiger partial charge in [0.25, 0.3) is 0 Å². The van der Waals surface area contributed by atoms with Gasteiger partial charge in [-0.15, -0.1) is 10.2 Å². The van der Waals surface area contributed by atoms with Crippen LogP contribution in [0.25, 0.3) is 11.4 Å². The Hall–Kier alpha value is -2.01. The van der Waals surface area contributed by atoms with Crippen LogP contribution in [0, 0.1) is 5.92 Å². The largest absolute Gasteiger partial charge is 0.390 e. The van der Waals surface area contributed by atoms with E-state index in [9.17, 15) is 17.7 Å². The minimum Gasteiger partial charge on any atom is -0.390 e. The molecule has 0 spiro atoms. The van der Waals surface area contributed by atoms with Gasteiger partial charge in [-0.25, -0.2) is 22.5 Å². The highest BCUT2D eigenvalue weighted by Gasteiger charge is 2.31. The van der Waals surface area contributed by atoms with Gasteiger partial charge in [-0.05, 0) is 42.7 Å². The number of hydrogen-bond donors (Lipinski definition) is 6. The lowest BCUT2D eigenvalue weighted by atomic mass is 9.96. The average Bonchev–Trinajstić information content (AvgIpc) is 3.31. The predicted octanol–water partition coefficient (Wildman–Crippen LogP) is -2.38. The quantitative estimate of drug-likeness (QED) is 0.227. The van der Waals surface area contributed by atoms with E-state index in [0.29, 0.717) is 31.2 Å². The van der Waals surface area contributed by atoms with Crippen molar-refractivity contribution in [3.63, 3.8) is 0 Å². The number of aromatic nitrogens is 4. The molecule has 2 atom stereocenters. The van der Waals surface area contributed by atoms with Crippen molar-refractivity contribution >= 4 is 26.7 Å². The monoisotopic (exact) mass is 473 g/mol. The molecular formula is C16H27N9O4S2. The van der Waals surface area contributed by atoms with Gasteiger partial charge >= 0.3 is 0 Å². The number of nitrogens with one attached hydrogen (secondary N) is 2. The van der Waals surface area contributed by atoms with E-state index in [1.54, 1.807) is 6.07 Å². The fraction of sp³-hybridized carbons (Fsp3) is 0.562. The number of benzene rings is 1. The van der Waals surface area contributed by atoms with Crippen LogP contribution in [0.1, 0.15) is 12.8 Å². The van der Waals surface area contributed by atoms with Crippen molar-refractivity contribution in [1.29, 1.82) is 0 Å². The Morgan fingerprint density at radius 1 is 1.32 bits per heavy atom. The van der Waals surface area contributed by atoms with Crippen molar-refractivity contribution in [2.24, 2.45) is 22.5 Å². The summed E-state index contributed by atoms with van der Waals surface area (Å²) in [4.78, 5) is 1.60. The van der Waals surface area contributed by atoms with Crippen LogP contribution in [-0.2, 0) is 21.0 Å². The summed E-state index contributed by atoms with van der Waals surface area (Å²) in [6.07, 6.45) is 0.658. The smallest absolute Gasteiger partial charge is 0.241 e. The second-order valence-corrected chi connectivity index (χ2v) is 9.97. The molecule has 2 unspecified atom stereocenters. The van der Waals surface area contributed by atoms with Crippen LogP contribution in [0.15, 0.2) is 21.9 Å². The number of H-pyrrole nitrogens is 1. The summed E-state index contributed by atoms with van der Waals surface area (Å²) in [7, 11) is -6.37. The number of sulfonamides is 1. The van der Waals surface area contributed by atoms with Crippen LogP contribution in [-0.4, -0.2) is 77.2 Å². The highest BCUT2D eigenvalue weighted by molar-refractivity contribution is 7.90. The number of nitrogens with zero attached hydrogens (tertiary/aromatic N) is 4. The van der Waals surface area contributed by atoms with Crippen molar-refractivity contribution in [2.45, 2.75) is 28.7 Å². The number of hydrogen-bond acceptors (Lipinski definition) is 10. The van der Waals surface area contributed by atoms with E-state index in [1.165, 1.54) is 6.07 Å². The van der Waals surface area contributed by atoms with Gasteiger partial charge in [-0.3, -0.25) is 0 Å². The van der Waals surface area contributed by atoms with Crippen LogP contribution in [0.3, 0.4) is 0 Å². The maximum Gasteiger partial charge on any atom is 0.241 e. The van der Waals surface area contributed by atoms with Gasteiger partial charge in [-0.2, -0.15) is 5.21 Å². The predicted molar refractivity (Wildman–Crippen MR) is 114 cm³/mol. The number of aromatic amines is 1. The third kappa shape index (κ3) is 5.25. The lowest BCUT2D eigenvalue weighted by Crippen LogP contribution is -2.37. The molecule has 3 rings (SSSR count). The zero-order valence-corrected chi connectivity index (χ0v) is 18.4. The summed E-state index contributed by atoms with van der Waals surface area (Å²) in [6, 6.07) is 2.95. The third-order valence-electron chi connectivity index (χ3n) is 5.23. The van der Waals surface area contributed by atoms with Crippen LogP contribution in [0.4, 0.5) is 5.69 Å². The van der Waals surface area contributed by atoms with Gasteiger partial charge in [0.2, 0.25) is 15.8 Å². The van der Waals surface area contributed by atoms with E-state index >= 15 is 0 Å². The molecule has 1 aromatic heterocycles. The van der Waals surface area contributed by atoms with Gasteiger partial charge in [0.05, 0.1) is 16.6 Å². The van der Waals surface area contributed by atoms with Crippen LogP contribution in [0.5, 0.6) is 0 Å². The maximum atomic E-state index is 12.9. The lowest BCUT2D eigenvalue weighted by Gasteiger charge is -2.34. The van der Waals surface area contributed by atoms with E-state index in [0.717, 1.165) is 12.8 Å². The van der Waals surface area contributed by atoms with Crippen molar-refractivity contribution in [3.05, 3.63) is 12.1 Å². The summed E-state index contributed by atoms with van der Waals surface area (Å²) < 4.78 is 40.7. The van der Waals surface area contributed by atoms with E-state index in [1.807, 2.05) is 4.90 Å². The lowest BCUT2D eigenvalue weighted by molar-refractivity contribution is 0.186. The van der Waals surface area contributed by atoms with Crippen LogP contribution in [0.2, 0.25) is 0 Å². The van der Waals surface area contributed by atoms with E-state index in [2.05, 4.69) is 25.3 Å². The molecule has 1 aliphatic rings. The van der Waals surface area contributed by atoms with Gasteiger partial charge in [0.1, 0.15) is 15.9 Å². The Balaban J connectivity index is 2.11. The van der Waals surface area contributed by atoms with Crippen molar-refractivity contribution < 1.29 is 17.7 Å². The fourth-order valence-electron chi connectivity index (χ4n) is 3.49. The molecule has 1 fully saturated rings. The van der Waals surface area contributed by atoms with E-state index in [4.69, 9.17) is 16.6 Å². The SMILES string of the molecule is NCC(O)CNS(=O)(=O)c1ccc(N2CCC(CN)CC2)c(-c2nn[nH]n2)c1S(N)=O. The molecule has 0 radical (unpaired) electrons. The second kappa shape index (κ2) is 10.1. The Morgan fingerprint density at radius 3 is 2.58 bits per heavy atom. The molecule has 1 saturated heterocycles. The van der Waals surface area contributed by atoms with Gasteiger partial charge in [-0.1, -0.05) is 0 Å². The summed E-state index contributed by atoms with van der Waals surface area (Å²) >= 11 is 0. The Kier molecular flexibility index (Phi) is 7.68. The first-order chi connectivity index (χ1) is 14.8. The first kappa shape index (κ1) is 23.6. The molecule has 0 bridgehead atoms. The molecule has 13 nitrogen and oxygen atoms in total.